The quantitative estimate of drug-likeness (QED) is 0.764. The maximum atomic E-state index is 10.5. The van der Waals surface area contributed by atoms with Crippen LogP contribution in [0.1, 0.15) is 11.1 Å². The van der Waals surface area contributed by atoms with Gasteiger partial charge in [-0.15, -0.1) is 0 Å². The lowest BCUT2D eigenvalue weighted by molar-refractivity contribution is 0.173. The molecule has 0 fully saturated rings. The highest BCUT2D eigenvalue weighted by Gasteiger charge is 2.44. The lowest BCUT2D eigenvalue weighted by Gasteiger charge is -2.29. The summed E-state index contributed by atoms with van der Waals surface area (Å²) < 4.78 is 11.6. The number of phenols is 1. The summed E-state index contributed by atoms with van der Waals surface area (Å²) in [6.45, 7) is 0.500. The van der Waals surface area contributed by atoms with Crippen LogP contribution in [0.15, 0.2) is 34.8 Å². The molecule has 5 nitrogen and oxygen atoms in total. The second-order valence-electron chi connectivity index (χ2n) is 5.48. The Labute approximate surface area is 135 Å². The zero-order valence-electron chi connectivity index (χ0n) is 11.6. The highest BCUT2D eigenvalue weighted by molar-refractivity contribution is 9.10. The number of anilines is 1. The number of nitrogens with one attached hydrogen (secondary N) is 1. The number of rotatable bonds is 2. The molecule has 114 valence electrons. The molecule has 0 spiro atoms. The van der Waals surface area contributed by atoms with Crippen molar-refractivity contribution in [3.8, 4) is 17.2 Å². The van der Waals surface area contributed by atoms with Crippen LogP contribution in [-0.4, -0.2) is 30.2 Å². The van der Waals surface area contributed by atoms with Crippen LogP contribution in [0.4, 0.5) is 5.69 Å². The van der Waals surface area contributed by atoms with E-state index in [0.29, 0.717) is 23.6 Å². The van der Waals surface area contributed by atoms with Crippen molar-refractivity contribution in [2.45, 2.75) is 5.41 Å². The van der Waals surface area contributed by atoms with Gasteiger partial charge in [0, 0.05) is 33.9 Å². The minimum Gasteiger partial charge on any atom is -0.507 e. The van der Waals surface area contributed by atoms with E-state index >= 15 is 0 Å². The van der Waals surface area contributed by atoms with Crippen LogP contribution in [0, 0.1) is 0 Å². The number of phenolic OH excluding ortho intramolecular Hbond substituents is 1. The van der Waals surface area contributed by atoms with Crippen LogP contribution in [0.5, 0.6) is 17.2 Å². The summed E-state index contributed by atoms with van der Waals surface area (Å²) in [7, 11) is 0. The minimum atomic E-state index is -0.736. The summed E-state index contributed by atoms with van der Waals surface area (Å²) >= 11 is 3.56. The Balaban J connectivity index is 1.96. The fraction of sp³-hybridized carbons (Fsp3) is 0.250. The van der Waals surface area contributed by atoms with Crippen molar-refractivity contribution in [3.63, 3.8) is 0 Å². The maximum Gasteiger partial charge on any atom is 0.231 e. The molecular weight excluding hydrogens is 350 g/mol. The molecule has 22 heavy (non-hydrogen) atoms. The van der Waals surface area contributed by atoms with E-state index in [2.05, 4.69) is 21.2 Å². The summed E-state index contributed by atoms with van der Waals surface area (Å²) in [4.78, 5) is 0. The zero-order valence-corrected chi connectivity index (χ0v) is 13.2. The molecule has 1 unspecified atom stereocenters. The van der Waals surface area contributed by atoms with Gasteiger partial charge in [-0.3, -0.25) is 0 Å². The monoisotopic (exact) mass is 363 g/mol. The first kappa shape index (κ1) is 13.7. The van der Waals surface area contributed by atoms with E-state index < -0.39 is 5.41 Å². The van der Waals surface area contributed by atoms with Gasteiger partial charge < -0.3 is 25.0 Å². The molecule has 1 atom stereocenters. The third-order valence-corrected chi connectivity index (χ3v) is 5.01. The van der Waals surface area contributed by atoms with E-state index in [1.54, 1.807) is 12.1 Å². The van der Waals surface area contributed by atoms with Gasteiger partial charge in [0.05, 0.1) is 12.0 Å². The lowest BCUT2D eigenvalue weighted by atomic mass is 9.76. The molecule has 4 rings (SSSR count). The third-order valence-electron chi connectivity index (χ3n) is 4.35. The predicted molar refractivity (Wildman–Crippen MR) is 84.7 cm³/mol. The Morgan fingerprint density at radius 1 is 1.23 bits per heavy atom. The summed E-state index contributed by atoms with van der Waals surface area (Å²) in [5.74, 6) is 1.19. The number of halogens is 1. The topological polar surface area (TPSA) is 71.0 Å². The third kappa shape index (κ3) is 1.74. The largest absolute Gasteiger partial charge is 0.507 e. The summed E-state index contributed by atoms with van der Waals surface area (Å²) in [5.41, 5.74) is 1.77. The van der Waals surface area contributed by atoms with Gasteiger partial charge in [-0.25, -0.2) is 0 Å². The van der Waals surface area contributed by atoms with E-state index in [4.69, 9.17) is 9.47 Å². The maximum absolute atomic E-state index is 10.5. The number of benzene rings is 2. The van der Waals surface area contributed by atoms with Crippen LogP contribution in [0.2, 0.25) is 0 Å². The van der Waals surface area contributed by atoms with Gasteiger partial charge in [0.15, 0.2) is 11.5 Å². The number of aliphatic hydroxyl groups is 1. The van der Waals surface area contributed by atoms with Crippen molar-refractivity contribution in [2.24, 2.45) is 0 Å². The van der Waals surface area contributed by atoms with Crippen LogP contribution in [-0.2, 0) is 5.41 Å². The fourth-order valence-electron chi connectivity index (χ4n) is 3.26. The molecule has 3 N–H and O–H groups in total. The van der Waals surface area contributed by atoms with E-state index in [9.17, 15) is 10.2 Å². The lowest BCUT2D eigenvalue weighted by Crippen LogP contribution is -2.34. The zero-order chi connectivity index (χ0) is 15.3. The van der Waals surface area contributed by atoms with Crippen molar-refractivity contribution >= 4 is 21.6 Å². The normalized spacial score (nSPS) is 21.5. The Bertz CT molecular complexity index is 764. The first-order chi connectivity index (χ1) is 10.7. The van der Waals surface area contributed by atoms with Gasteiger partial charge in [-0.1, -0.05) is 22.0 Å². The highest BCUT2D eigenvalue weighted by atomic mass is 79.9. The molecule has 0 bridgehead atoms. The number of hydrogen-bond donors (Lipinski definition) is 3. The SMILES string of the molecule is OCC1(c2cc3c(cc2O)OCO3)CNc2cccc(Br)c21. The van der Waals surface area contributed by atoms with Gasteiger partial charge in [0.25, 0.3) is 0 Å². The van der Waals surface area contributed by atoms with E-state index in [-0.39, 0.29) is 19.1 Å². The molecule has 0 saturated heterocycles. The van der Waals surface area contributed by atoms with Crippen molar-refractivity contribution < 1.29 is 19.7 Å². The number of aliphatic hydroxyl groups excluding tert-OH is 1. The average molecular weight is 364 g/mol. The fourth-order valence-corrected chi connectivity index (χ4v) is 4.00. The standard InChI is InChI=1S/C16H14BrNO4/c17-10-2-1-3-11-15(10)16(7-19,6-18-11)9-4-13-14(5-12(9)20)22-8-21-13/h1-5,18-20H,6-8H2. The molecule has 2 heterocycles. The number of hydrogen-bond acceptors (Lipinski definition) is 5. The van der Waals surface area contributed by atoms with Crippen molar-refractivity contribution in [1.29, 1.82) is 0 Å². The van der Waals surface area contributed by atoms with E-state index in [0.717, 1.165) is 15.7 Å². The van der Waals surface area contributed by atoms with Crippen LogP contribution < -0.4 is 14.8 Å². The van der Waals surface area contributed by atoms with Crippen molar-refractivity contribution in [3.05, 3.63) is 45.9 Å². The molecule has 0 aromatic heterocycles. The first-order valence-corrected chi connectivity index (χ1v) is 7.72. The van der Waals surface area contributed by atoms with Crippen molar-refractivity contribution in [1.82, 2.24) is 0 Å². The van der Waals surface area contributed by atoms with Gasteiger partial charge in [-0.2, -0.15) is 0 Å². The predicted octanol–water partition coefficient (Wildman–Crippen LogP) is 2.59. The molecule has 2 aliphatic rings. The summed E-state index contributed by atoms with van der Waals surface area (Å²) in [5, 5.41) is 23.9. The number of aromatic hydroxyl groups is 1. The molecule has 2 aliphatic heterocycles. The molecule has 2 aromatic rings. The Morgan fingerprint density at radius 3 is 2.77 bits per heavy atom. The molecular formula is C16H14BrNO4. The highest BCUT2D eigenvalue weighted by Crippen LogP contribution is 2.50. The van der Waals surface area contributed by atoms with Gasteiger partial charge in [0.2, 0.25) is 6.79 Å². The molecule has 0 aliphatic carbocycles. The van der Waals surface area contributed by atoms with Gasteiger partial charge in [0.1, 0.15) is 5.75 Å². The molecule has 2 aromatic carbocycles. The Hall–Kier alpha value is -1.92. The smallest absolute Gasteiger partial charge is 0.231 e. The molecule has 6 heteroatoms. The second-order valence-corrected chi connectivity index (χ2v) is 6.33. The van der Waals surface area contributed by atoms with Gasteiger partial charge in [-0.05, 0) is 18.2 Å². The van der Waals surface area contributed by atoms with Crippen molar-refractivity contribution in [2.75, 3.05) is 25.3 Å². The van der Waals surface area contributed by atoms with E-state index in [1.165, 1.54) is 0 Å². The molecule has 0 saturated carbocycles. The van der Waals surface area contributed by atoms with Crippen LogP contribution in [0.3, 0.4) is 0 Å². The molecule has 0 amide bonds. The minimum absolute atomic E-state index is 0.0868. The molecule has 0 radical (unpaired) electrons. The van der Waals surface area contributed by atoms with Crippen LogP contribution in [0.25, 0.3) is 0 Å². The number of fused-ring (bicyclic) bond motifs is 2. The van der Waals surface area contributed by atoms with E-state index in [1.807, 2.05) is 18.2 Å². The van der Waals surface area contributed by atoms with Gasteiger partial charge >= 0.3 is 0 Å². The van der Waals surface area contributed by atoms with Crippen LogP contribution >= 0.6 is 15.9 Å². The summed E-state index contributed by atoms with van der Waals surface area (Å²) in [6, 6.07) is 9.12. The Kier molecular flexibility index (Phi) is 2.99. The summed E-state index contributed by atoms with van der Waals surface area (Å²) in [6.07, 6.45) is 0. The Morgan fingerprint density at radius 2 is 2.00 bits per heavy atom. The average Bonchev–Trinajstić information content (AvgIpc) is 3.11. The number of ether oxygens (including phenoxy) is 2. The first-order valence-electron chi connectivity index (χ1n) is 6.92. The second kappa shape index (κ2) is 4.79.